The van der Waals surface area contributed by atoms with E-state index in [1.165, 1.54) is 23.5 Å². The van der Waals surface area contributed by atoms with Crippen LogP contribution in [0.3, 0.4) is 0 Å². The van der Waals surface area contributed by atoms with E-state index in [0.29, 0.717) is 15.6 Å². The zero-order chi connectivity index (χ0) is 16.8. The maximum Gasteiger partial charge on any atom is 0.285 e. The summed E-state index contributed by atoms with van der Waals surface area (Å²) in [6.07, 6.45) is 0. The molecule has 3 rings (SSSR count). The molecule has 0 aliphatic carbocycles. The van der Waals surface area contributed by atoms with Crippen LogP contribution in [0.25, 0.3) is 10.2 Å². The summed E-state index contributed by atoms with van der Waals surface area (Å²) in [4.78, 5) is 0.161. The summed E-state index contributed by atoms with van der Waals surface area (Å²) in [5.74, 6) is -0.516. The van der Waals surface area contributed by atoms with Crippen molar-refractivity contribution in [3.05, 3.63) is 57.1 Å². The maximum atomic E-state index is 12.9. The van der Waals surface area contributed by atoms with Crippen molar-refractivity contribution in [1.29, 1.82) is 0 Å². The first kappa shape index (κ1) is 16.4. The fourth-order valence-corrected chi connectivity index (χ4v) is 4.78. The van der Waals surface area contributed by atoms with Gasteiger partial charge < -0.3 is 4.57 Å². The summed E-state index contributed by atoms with van der Waals surface area (Å²) >= 11 is 13.3. The summed E-state index contributed by atoms with van der Waals surface area (Å²) in [7, 11) is -2.30. The lowest BCUT2D eigenvalue weighted by Crippen LogP contribution is -2.13. The topological polar surface area (TPSA) is 51.4 Å². The minimum Gasteiger partial charge on any atom is -0.318 e. The Morgan fingerprint density at radius 2 is 1.78 bits per heavy atom. The molecule has 0 fully saturated rings. The van der Waals surface area contributed by atoms with Gasteiger partial charge in [-0.2, -0.15) is 8.42 Å². The van der Waals surface area contributed by atoms with Crippen LogP contribution in [-0.4, -0.2) is 13.0 Å². The third kappa shape index (κ3) is 3.01. The van der Waals surface area contributed by atoms with E-state index in [1.54, 1.807) is 23.7 Å². The molecule has 0 N–H and O–H groups in total. The first-order valence-corrected chi connectivity index (χ1v) is 9.31. The summed E-state index contributed by atoms with van der Waals surface area (Å²) in [6, 6.07) is 7.88. The summed E-state index contributed by atoms with van der Waals surface area (Å²) < 4.78 is 43.8. The fourth-order valence-electron chi connectivity index (χ4n) is 2.02. The molecule has 0 bridgehead atoms. The Morgan fingerprint density at radius 3 is 2.43 bits per heavy atom. The lowest BCUT2D eigenvalue weighted by Gasteiger charge is -2.01. The number of aromatic nitrogens is 1. The number of rotatable bonds is 2. The normalized spacial score (nSPS) is 13.0. The van der Waals surface area contributed by atoms with Gasteiger partial charge in [-0.3, -0.25) is 0 Å². The summed E-state index contributed by atoms with van der Waals surface area (Å²) in [5.41, 5.74) is 0.609. The SMILES string of the molecule is Cn1c(=NS(=O)(=O)c2ccc(F)cc2)sc2ccc(Cl)c(Cl)c21. The van der Waals surface area contributed by atoms with Crippen molar-refractivity contribution in [3.63, 3.8) is 0 Å². The minimum absolute atomic E-state index is 0.0829. The molecule has 1 aromatic heterocycles. The van der Waals surface area contributed by atoms with Gasteiger partial charge in [0, 0.05) is 7.05 Å². The molecule has 0 saturated heterocycles. The molecule has 0 aliphatic rings. The van der Waals surface area contributed by atoms with Gasteiger partial charge in [0.25, 0.3) is 10.0 Å². The van der Waals surface area contributed by atoms with E-state index in [0.717, 1.165) is 16.8 Å². The lowest BCUT2D eigenvalue weighted by molar-refractivity contribution is 0.595. The van der Waals surface area contributed by atoms with E-state index in [4.69, 9.17) is 23.2 Å². The number of fused-ring (bicyclic) bond motifs is 1. The van der Waals surface area contributed by atoms with E-state index < -0.39 is 15.8 Å². The zero-order valence-corrected chi connectivity index (χ0v) is 14.8. The van der Waals surface area contributed by atoms with Crippen molar-refractivity contribution in [3.8, 4) is 0 Å². The third-order valence-corrected chi connectivity index (χ3v) is 6.45. The number of benzene rings is 2. The Bertz CT molecular complexity index is 1070. The lowest BCUT2D eigenvalue weighted by atomic mass is 10.3. The second-order valence-electron chi connectivity index (χ2n) is 4.67. The highest BCUT2D eigenvalue weighted by Gasteiger charge is 2.15. The number of sulfonamides is 1. The molecule has 1 heterocycles. The standard InChI is InChI=1S/C14H9Cl2FN2O2S2/c1-19-13-11(7-6-10(15)12(13)16)22-14(19)18-23(20,21)9-4-2-8(17)3-5-9/h2-7H,1H3. The van der Waals surface area contributed by atoms with Gasteiger partial charge >= 0.3 is 0 Å². The van der Waals surface area contributed by atoms with Gasteiger partial charge in [-0.15, -0.1) is 4.40 Å². The Hall–Kier alpha value is -1.41. The zero-order valence-electron chi connectivity index (χ0n) is 11.6. The van der Waals surface area contributed by atoms with Gasteiger partial charge in [-0.05, 0) is 36.4 Å². The van der Waals surface area contributed by atoms with Crippen LogP contribution in [0.1, 0.15) is 0 Å². The van der Waals surface area contributed by atoms with Crippen LogP contribution in [0.5, 0.6) is 0 Å². The minimum atomic E-state index is -3.95. The van der Waals surface area contributed by atoms with Crippen molar-refractivity contribution in [2.45, 2.75) is 4.90 Å². The molecule has 3 aromatic rings. The van der Waals surface area contributed by atoms with Crippen molar-refractivity contribution in [2.75, 3.05) is 0 Å². The van der Waals surface area contributed by atoms with Crippen LogP contribution < -0.4 is 4.80 Å². The summed E-state index contributed by atoms with van der Waals surface area (Å²) in [5, 5.41) is 0.712. The molecule has 2 aromatic carbocycles. The molecule has 9 heteroatoms. The highest BCUT2D eigenvalue weighted by atomic mass is 35.5. The first-order valence-electron chi connectivity index (χ1n) is 6.30. The summed E-state index contributed by atoms with van der Waals surface area (Å²) in [6.45, 7) is 0. The second-order valence-corrected chi connectivity index (χ2v) is 8.07. The number of nitrogens with zero attached hydrogens (tertiary/aromatic N) is 2. The molecule has 0 saturated carbocycles. The van der Waals surface area contributed by atoms with Gasteiger partial charge in [0.1, 0.15) is 5.82 Å². The molecule has 120 valence electrons. The number of aryl methyl sites for hydroxylation is 1. The Kier molecular flexibility index (Phi) is 4.22. The quantitative estimate of drug-likeness (QED) is 0.664. The van der Waals surface area contributed by atoms with Crippen LogP contribution in [-0.2, 0) is 17.1 Å². The predicted molar refractivity (Wildman–Crippen MR) is 90.0 cm³/mol. The highest BCUT2D eigenvalue weighted by molar-refractivity contribution is 7.90. The number of hydrogen-bond acceptors (Lipinski definition) is 3. The Morgan fingerprint density at radius 1 is 1.13 bits per heavy atom. The molecule has 0 atom stereocenters. The van der Waals surface area contributed by atoms with Gasteiger partial charge in [0.05, 0.1) is 25.2 Å². The van der Waals surface area contributed by atoms with Crippen LogP contribution in [0.15, 0.2) is 45.7 Å². The van der Waals surface area contributed by atoms with Crippen molar-refractivity contribution in [1.82, 2.24) is 4.57 Å². The Labute approximate surface area is 145 Å². The van der Waals surface area contributed by atoms with E-state index >= 15 is 0 Å². The van der Waals surface area contributed by atoms with Crippen molar-refractivity contribution >= 4 is 54.8 Å². The smallest absolute Gasteiger partial charge is 0.285 e. The molecular weight excluding hydrogens is 382 g/mol. The van der Waals surface area contributed by atoms with Crippen LogP contribution in [0, 0.1) is 5.82 Å². The number of halogens is 3. The number of thiazole rings is 1. The fraction of sp³-hybridized carbons (Fsp3) is 0.0714. The molecule has 23 heavy (non-hydrogen) atoms. The molecule has 0 spiro atoms. The number of hydrogen-bond donors (Lipinski definition) is 0. The van der Waals surface area contributed by atoms with E-state index in [1.807, 2.05) is 0 Å². The largest absolute Gasteiger partial charge is 0.318 e. The average molecular weight is 391 g/mol. The Balaban J connectivity index is 2.23. The van der Waals surface area contributed by atoms with Crippen LogP contribution in [0.4, 0.5) is 4.39 Å². The van der Waals surface area contributed by atoms with Gasteiger partial charge in [0.2, 0.25) is 4.80 Å². The maximum absolute atomic E-state index is 12.9. The molecule has 0 radical (unpaired) electrons. The van der Waals surface area contributed by atoms with E-state index in [-0.39, 0.29) is 9.70 Å². The first-order chi connectivity index (χ1) is 10.8. The molecule has 0 aliphatic heterocycles. The third-order valence-electron chi connectivity index (χ3n) is 3.17. The van der Waals surface area contributed by atoms with Gasteiger partial charge in [0.15, 0.2) is 0 Å². The molecule has 4 nitrogen and oxygen atoms in total. The monoisotopic (exact) mass is 390 g/mol. The van der Waals surface area contributed by atoms with Crippen LogP contribution >= 0.6 is 34.5 Å². The van der Waals surface area contributed by atoms with Crippen molar-refractivity contribution in [2.24, 2.45) is 11.4 Å². The van der Waals surface area contributed by atoms with Gasteiger partial charge in [-0.1, -0.05) is 34.5 Å². The molecule has 0 unspecified atom stereocenters. The second kappa shape index (κ2) is 5.90. The average Bonchev–Trinajstić information content (AvgIpc) is 2.80. The molecular formula is C14H9Cl2FN2O2S2. The van der Waals surface area contributed by atoms with Gasteiger partial charge in [-0.25, -0.2) is 4.39 Å². The molecule has 0 amide bonds. The van der Waals surface area contributed by atoms with E-state index in [9.17, 15) is 12.8 Å². The van der Waals surface area contributed by atoms with Crippen molar-refractivity contribution < 1.29 is 12.8 Å². The van der Waals surface area contributed by atoms with Crippen LogP contribution in [0.2, 0.25) is 10.0 Å². The predicted octanol–water partition coefficient (Wildman–Crippen LogP) is 3.98. The van der Waals surface area contributed by atoms with E-state index in [2.05, 4.69) is 4.40 Å². The highest BCUT2D eigenvalue weighted by Crippen LogP contribution is 2.31.